The normalized spacial score (nSPS) is 15.2. The van der Waals surface area contributed by atoms with E-state index in [4.69, 9.17) is 16.6 Å². The molecule has 0 aliphatic carbocycles. The number of aromatic nitrogens is 3. The van der Waals surface area contributed by atoms with Gasteiger partial charge in [0.15, 0.2) is 0 Å². The maximum atomic E-state index is 13.3. The quantitative estimate of drug-likeness (QED) is 0.363. The summed E-state index contributed by atoms with van der Waals surface area (Å²) in [6.45, 7) is 1.35. The SMILES string of the molecule is CN(C)CCN(C)C(=O)c1cc(N=C(c2ccc3nccnc3c2)C2C(=O)Nc3cc(Cl)ccc32)cn1C. The number of carbonyl (C=O) groups is 2. The molecule has 38 heavy (non-hydrogen) atoms. The molecule has 5 rings (SSSR count). The molecule has 1 unspecified atom stereocenters. The highest BCUT2D eigenvalue weighted by Gasteiger charge is 2.36. The summed E-state index contributed by atoms with van der Waals surface area (Å²) in [5, 5.41) is 3.47. The number of hydrogen-bond donors (Lipinski definition) is 1. The van der Waals surface area contributed by atoms with Crippen LogP contribution in [0.5, 0.6) is 0 Å². The predicted molar refractivity (Wildman–Crippen MR) is 149 cm³/mol. The lowest BCUT2D eigenvalue weighted by Gasteiger charge is -2.19. The Bertz CT molecular complexity index is 1580. The summed E-state index contributed by atoms with van der Waals surface area (Å²) in [4.78, 5) is 43.9. The highest BCUT2D eigenvalue weighted by atomic mass is 35.5. The molecule has 10 heteroatoms. The molecule has 0 spiro atoms. The van der Waals surface area contributed by atoms with E-state index in [1.165, 1.54) is 0 Å². The number of nitrogens with one attached hydrogen (secondary N) is 1. The van der Waals surface area contributed by atoms with Crippen molar-refractivity contribution in [1.82, 2.24) is 24.3 Å². The lowest BCUT2D eigenvalue weighted by atomic mass is 9.90. The van der Waals surface area contributed by atoms with Gasteiger partial charge >= 0.3 is 0 Å². The van der Waals surface area contributed by atoms with Crippen LogP contribution in [0.4, 0.5) is 11.4 Å². The maximum absolute atomic E-state index is 13.3. The zero-order valence-corrected chi connectivity index (χ0v) is 22.4. The molecule has 0 radical (unpaired) electrons. The molecule has 1 atom stereocenters. The van der Waals surface area contributed by atoms with Crippen LogP contribution in [0.3, 0.4) is 0 Å². The highest BCUT2D eigenvalue weighted by Crippen LogP contribution is 2.38. The first kappa shape index (κ1) is 25.6. The van der Waals surface area contributed by atoms with Gasteiger partial charge < -0.3 is 19.7 Å². The van der Waals surface area contributed by atoms with Gasteiger partial charge in [-0.25, -0.2) is 0 Å². The summed E-state index contributed by atoms with van der Waals surface area (Å²) in [6, 6.07) is 12.7. The Morgan fingerprint density at radius 3 is 2.58 bits per heavy atom. The maximum Gasteiger partial charge on any atom is 0.270 e. The topological polar surface area (TPSA) is 95.7 Å². The molecule has 0 saturated carbocycles. The van der Waals surface area contributed by atoms with Crippen LogP contribution in [0.2, 0.25) is 5.02 Å². The van der Waals surface area contributed by atoms with Crippen molar-refractivity contribution >= 4 is 51.5 Å². The number of rotatable bonds is 7. The van der Waals surface area contributed by atoms with Crippen LogP contribution in [0.25, 0.3) is 11.0 Å². The van der Waals surface area contributed by atoms with E-state index in [1.807, 2.05) is 50.3 Å². The van der Waals surface area contributed by atoms with Gasteiger partial charge in [-0.3, -0.25) is 24.5 Å². The Labute approximate surface area is 225 Å². The molecule has 1 N–H and O–H groups in total. The van der Waals surface area contributed by atoms with Gasteiger partial charge in [0.2, 0.25) is 5.91 Å². The molecule has 2 aromatic carbocycles. The number of fused-ring (bicyclic) bond motifs is 2. The molecule has 2 aromatic heterocycles. The van der Waals surface area contributed by atoms with Crippen molar-refractivity contribution in [3.8, 4) is 0 Å². The standard InChI is InChI=1S/C28H28ClN7O2/c1-34(2)11-12-35(3)28(38)24-15-19(16-36(24)4)32-26(17-5-8-21-23(13-17)31-10-9-30-21)25-20-7-6-18(29)14-22(20)33-27(25)37/h5-10,13-16,25H,11-12H2,1-4H3,(H,33,37). The summed E-state index contributed by atoms with van der Waals surface area (Å²) >= 11 is 6.19. The van der Waals surface area contributed by atoms with E-state index in [0.717, 1.165) is 23.2 Å². The summed E-state index contributed by atoms with van der Waals surface area (Å²) in [5.74, 6) is -0.966. The van der Waals surface area contributed by atoms with Crippen molar-refractivity contribution in [3.05, 3.63) is 82.9 Å². The van der Waals surface area contributed by atoms with Crippen LogP contribution in [-0.2, 0) is 11.8 Å². The van der Waals surface area contributed by atoms with Gasteiger partial charge in [0, 0.05) is 56.5 Å². The van der Waals surface area contributed by atoms with Gasteiger partial charge in [0.05, 0.1) is 22.4 Å². The average Bonchev–Trinajstić information content (AvgIpc) is 3.42. The lowest BCUT2D eigenvalue weighted by Crippen LogP contribution is -2.34. The summed E-state index contributed by atoms with van der Waals surface area (Å²) in [6.07, 6.45) is 5.06. The fourth-order valence-electron chi connectivity index (χ4n) is 4.53. The molecule has 1 aliphatic rings. The Hall–Kier alpha value is -4.08. The third-order valence-electron chi connectivity index (χ3n) is 6.57. The molecule has 9 nitrogen and oxygen atoms in total. The summed E-state index contributed by atoms with van der Waals surface area (Å²) in [5.41, 5.74) is 5.24. The van der Waals surface area contributed by atoms with Crippen LogP contribution in [0, 0.1) is 0 Å². The van der Waals surface area contributed by atoms with Crippen LogP contribution < -0.4 is 5.32 Å². The molecule has 4 aromatic rings. The second kappa shape index (κ2) is 10.4. The van der Waals surface area contributed by atoms with Crippen LogP contribution in [-0.4, -0.2) is 76.1 Å². The first-order chi connectivity index (χ1) is 18.2. The smallest absolute Gasteiger partial charge is 0.270 e. The predicted octanol–water partition coefficient (Wildman–Crippen LogP) is 4.11. The first-order valence-corrected chi connectivity index (χ1v) is 12.6. The number of aryl methyl sites for hydroxylation is 1. The Kier molecular flexibility index (Phi) is 6.96. The van der Waals surface area contributed by atoms with Gasteiger partial charge in [0.1, 0.15) is 11.6 Å². The number of anilines is 1. The van der Waals surface area contributed by atoms with E-state index >= 15 is 0 Å². The highest BCUT2D eigenvalue weighted by molar-refractivity contribution is 6.31. The molecule has 1 aliphatic heterocycles. The minimum absolute atomic E-state index is 0.100. The minimum atomic E-state index is -0.668. The van der Waals surface area contributed by atoms with E-state index < -0.39 is 5.92 Å². The third kappa shape index (κ3) is 5.03. The van der Waals surface area contributed by atoms with Crippen molar-refractivity contribution in [2.24, 2.45) is 12.0 Å². The first-order valence-electron chi connectivity index (χ1n) is 12.2. The number of hydrogen-bond acceptors (Lipinski definition) is 6. The summed E-state index contributed by atoms with van der Waals surface area (Å²) < 4.78 is 1.76. The molecule has 0 fully saturated rings. The van der Waals surface area contributed by atoms with Crippen molar-refractivity contribution in [2.75, 3.05) is 39.5 Å². The second-order valence-corrected chi connectivity index (χ2v) is 10.1. The number of carbonyl (C=O) groups excluding carboxylic acids is 2. The third-order valence-corrected chi connectivity index (χ3v) is 6.81. The molecule has 3 heterocycles. The zero-order chi connectivity index (χ0) is 27.0. The van der Waals surface area contributed by atoms with E-state index in [9.17, 15) is 9.59 Å². The number of benzene rings is 2. The average molecular weight is 530 g/mol. The molecule has 0 bridgehead atoms. The van der Waals surface area contributed by atoms with Gasteiger partial charge in [-0.15, -0.1) is 0 Å². The van der Waals surface area contributed by atoms with Gasteiger partial charge in [0.25, 0.3) is 5.91 Å². The number of amides is 2. The fraction of sp³-hybridized carbons (Fsp3) is 0.250. The van der Waals surface area contributed by atoms with Crippen LogP contribution in [0.15, 0.2) is 66.0 Å². The number of aliphatic imine (C=N–C) groups is 1. The Balaban J connectivity index is 1.59. The van der Waals surface area contributed by atoms with Crippen LogP contribution >= 0.6 is 11.6 Å². The van der Waals surface area contributed by atoms with E-state index in [-0.39, 0.29) is 11.8 Å². The monoisotopic (exact) mass is 529 g/mol. The van der Waals surface area contributed by atoms with E-state index in [0.29, 0.717) is 39.9 Å². The number of nitrogens with zero attached hydrogens (tertiary/aromatic N) is 6. The van der Waals surface area contributed by atoms with Crippen molar-refractivity contribution in [2.45, 2.75) is 5.92 Å². The largest absolute Gasteiger partial charge is 0.344 e. The molecule has 0 saturated heterocycles. The van der Waals surface area contributed by atoms with Gasteiger partial charge in [-0.05, 0) is 55.6 Å². The van der Waals surface area contributed by atoms with E-state index in [2.05, 4.69) is 15.3 Å². The van der Waals surface area contributed by atoms with Crippen LogP contribution in [0.1, 0.15) is 27.5 Å². The summed E-state index contributed by atoms with van der Waals surface area (Å²) in [7, 11) is 7.54. The second-order valence-electron chi connectivity index (χ2n) is 9.64. The van der Waals surface area contributed by atoms with Crippen molar-refractivity contribution in [3.63, 3.8) is 0 Å². The molecule has 2 amide bonds. The van der Waals surface area contributed by atoms with Crippen molar-refractivity contribution < 1.29 is 9.59 Å². The Morgan fingerprint density at radius 2 is 1.82 bits per heavy atom. The van der Waals surface area contributed by atoms with Gasteiger partial charge in [-0.1, -0.05) is 23.7 Å². The number of likely N-dealkylation sites (N-methyl/N-ethyl adjacent to an activating group) is 2. The Morgan fingerprint density at radius 1 is 1.05 bits per heavy atom. The fourth-order valence-corrected chi connectivity index (χ4v) is 4.70. The molecule has 194 valence electrons. The van der Waals surface area contributed by atoms with Crippen molar-refractivity contribution in [1.29, 1.82) is 0 Å². The molecular weight excluding hydrogens is 502 g/mol. The minimum Gasteiger partial charge on any atom is -0.344 e. The van der Waals surface area contributed by atoms with E-state index in [1.54, 1.807) is 53.3 Å². The zero-order valence-electron chi connectivity index (χ0n) is 21.6. The molecular formula is C28H28ClN7O2. The number of halogens is 1. The van der Waals surface area contributed by atoms with Gasteiger partial charge in [-0.2, -0.15) is 0 Å². The lowest BCUT2D eigenvalue weighted by molar-refractivity contribution is -0.115.